The zero-order valence-electron chi connectivity index (χ0n) is 21.4. The van der Waals surface area contributed by atoms with E-state index < -0.39 is 0 Å². The van der Waals surface area contributed by atoms with Crippen LogP contribution in [0.4, 0.5) is 0 Å². The summed E-state index contributed by atoms with van der Waals surface area (Å²) < 4.78 is 5.30. The largest absolute Gasteiger partial charge is 0.275 e. The minimum atomic E-state index is -0.196. The lowest BCUT2D eigenvalue weighted by Crippen LogP contribution is -2.60. The van der Waals surface area contributed by atoms with Crippen LogP contribution in [-0.4, -0.2) is 0 Å². The molecule has 2 heteroatoms. The predicted molar refractivity (Wildman–Crippen MR) is 147 cm³/mol. The third-order valence-electron chi connectivity index (χ3n) is 9.85. The smallest absolute Gasteiger partial charge is 0.184 e. The molecule has 0 radical (unpaired) electrons. The van der Waals surface area contributed by atoms with Gasteiger partial charge in [0.05, 0.1) is 11.1 Å². The summed E-state index contributed by atoms with van der Waals surface area (Å²) in [4.78, 5) is 0. The molecule has 3 aromatic carbocycles. The van der Waals surface area contributed by atoms with Gasteiger partial charge in [-0.25, -0.2) is 0 Å². The van der Waals surface area contributed by atoms with Gasteiger partial charge in [-0.2, -0.15) is 9.13 Å². The van der Waals surface area contributed by atoms with Crippen molar-refractivity contribution in [2.24, 2.45) is 0 Å². The fourth-order valence-corrected chi connectivity index (χ4v) is 8.82. The van der Waals surface area contributed by atoms with E-state index in [9.17, 15) is 0 Å². The molecule has 178 valence electrons. The Labute approximate surface area is 218 Å². The van der Waals surface area contributed by atoms with Crippen molar-refractivity contribution in [1.29, 1.82) is 0 Å². The van der Waals surface area contributed by atoms with Crippen LogP contribution in [0.15, 0.2) is 122 Å². The molecule has 0 N–H and O–H groups in total. The quantitative estimate of drug-likeness (QED) is 0.252. The van der Waals surface area contributed by atoms with Crippen molar-refractivity contribution in [2.75, 3.05) is 0 Å². The number of benzene rings is 3. The number of nitrogens with zero attached hydrogens (tertiary/aromatic N) is 2. The van der Waals surface area contributed by atoms with Gasteiger partial charge in [-0.15, -0.1) is 0 Å². The molecule has 0 bridgehead atoms. The molecule has 3 atom stereocenters. The van der Waals surface area contributed by atoms with Crippen LogP contribution in [0.1, 0.15) is 37.8 Å². The van der Waals surface area contributed by atoms with E-state index in [0.717, 1.165) is 12.8 Å². The fraction of sp³-hybridized carbons (Fsp3) is 0.200. The first-order valence-electron chi connectivity index (χ1n) is 13.6. The van der Waals surface area contributed by atoms with Gasteiger partial charge in [0.2, 0.25) is 11.4 Å². The van der Waals surface area contributed by atoms with E-state index in [0.29, 0.717) is 0 Å². The van der Waals surface area contributed by atoms with Gasteiger partial charge < -0.3 is 0 Å². The van der Waals surface area contributed by atoms with Crippen molar-refractivity contribution < 1.29 is 9.13 Å². The van der Waals surface area contributed by atoms with Crippen LogP contribution in [0.3, 0.4) is 0 Å². The maximum Gasteiger partial charge on any atom is 0.275 e. The average molecular weight is 479 g/mol. The second kappa shape index (κ2) is 7.04. The van der Waals surface area contributed by atoms with E-state index >= 15 is 0 Å². The van der Waals surface area contributed by atoms with E-state index in [4.69, 9.17) is 0 Å². The summed E-state index contributed by atoms with van der Waals surface area (Å²) in [6.45, 7) is 4.81. The van der Waals surface area contributed by atoms with Crippen molar-refractivity contribution in [1.82, 2.24) is 0 Å². The molecule has 37 heavy (non-hydrogen) atoms. The second-order valence-corrected chi connectivity index (χ2v) is 10.8. The third-order valence-corrected chi connectivity index (χ3v) is 9.85. The topological polar surface area (TPSA) is 7.76 Å². The minimum Gasteiger partial charge on any atom is -0.184 e. The lowest BCUT2D eigenvalue weighted by Gasteiger charge is -2.25. The highest BCUT2D eigenvalue weighted by atomic mass is 15.3. The summed E-state index contributed by atoms with van der Waals surface area (Å²) in [5, 5.41) is 0. The molecule has 1 spiro atoms. The first-order chi connectivity index (χ1) is 18.3. The maximum absolute atomic E-state index is 2.66. The monoisotopic (exact) mass is 478 g/mol. The van der Waals surface area contributed by atoms with Gasteiger partial charge >= 0.3 is 0 Å². The molecule has 1 fully saturated rings. The number of hydrogen-bond donors (Lipinski definition) is 0. The Morgan fingerprint density at radius 2 is 1.22 bits per heavy atom. The van der Waals surface area contributed by atoms with Crippen LogP contribution in [-0.2, 0) is 16.5 Å². The van der Waals surface area contributed by atoms with E-state index in [2.05, 4.69) is 145 Å². The maximum atomic E-state index is 2.66. The Hall–Kier alpha value is -4.04. The van der Waals surface area contributed by atoms with Crippen molar-refractivity contribution in [3.05, 3.63) is 133 Å². The highest BCUT2D eigenvalue weighted by Gasteiger charge is 3.03. The Bertz CT molecular complexity index is 1660. The van der Waals surface area contributed by atoms with Crippen molar-refractivity contribution in [3.63, 3.8) is 0 Å². The van der Waals surface area contributed by atoms with Gasteiger partial charge in [0.25, 0.3) is 11.1 Å². The summed E-state index contributed by atoms with van der Waals surface area (Å²) in [7, 11) is 0. The lowest BCUT2D eigenvalue weighted by atomic mass is 9.78. The van der Waals surface area contributed by atoms with Crippen LogP contribution >= 0.6 is 0 Å². The standard InChI is InChI=1S/C35H30N2/c1-3-33-29-18-10-8-16-27(29)31-20-12-13-22-36(31)34(33,4-2)35(33)30-19-11-9-17-28(30)32-24-26(21-23-37(32)35)25-14-6-5-7-15-25/h5-24H,3-4H2,1-2H3/q+2. The van der Waals surface area contributed by atoms with Gasteiger partial charge in [-0.1, -0.05) is 80.6 Å². The summed E-state index contributed by atoms with van der Waals surface area (Å²) in [5.41, 5.74) is 10.5. The van der Waals surface area contributed by atoms with E-state index in [1.165, 1.54) is 44.8 Å². The summed E-state index contributed by atoms with van der Waals surface area (Å²) in [6.07, 6.45) is 6.85. The van der Waals surface area contributed by atoms with Crippen LogP contribution in [0.2, 0.25) is 0 Å². The zero-order chi connectivity index (χ0) is 24.8. The normalized spacial score (nSPS) is 25.6. The second-order valence-electron chi connectivity index (χ2n) is 10.8. The van der Waals surface area contributed by atoms with Crippen LogP contribution in [0.25, 0.3) is 33.6 Å². The van der Waals surface area contributed by atoms with Crippen LogP contribution in [0.5, 0.6) is 0 Å². The Kier molecular flexibility index (Phi) is 4.01. The average Bonchev–Trinajstić information content (AvgIpc) is 3.44. The summed E-state index contributed by atoms with van der Waals surface area (Å²) in [5.74, 6) is 0. The first kappa shape index (κ1) is 21.1. The molecular formula is C35H30N2+2. The minimum absolute atomic E-state index is 0.0509. The Morgan fingerprint density at radius 1 is 0.541 bits per heavy atom. The molecule has 3 aliphatic rings. The lowest BCUT2D eigenvalue weighted by molar-refractivity contribution is -0.799. The van der Waals surface area contributed by atoms with Gasteiger partial charge in [0, 0.05) is 36.2 Å². The molecule has 2 aromatic heterocycles. The molecule has 2 aliphatic heterocycles. The highest BCUT2D eigenvalue weighted by Crippen LogP contribution is 2.80. The molecule has 5 aromatic rings. The SMILES string of the molecule is CCC12c3ccccc3-c3cccc[n+]3C1(CC)C21c2ccccc2-c2cc(-c3ccccc3)cc[n+]21. The summed E-state index contributed by atoms with van der Waals surface area (Å²) in [6, 6.07) is 40.6. The van der Waals surface area contributed by atoms with Crippen LogP contribution < -0.4 is 9.13 Å². The number of pyridine rings is 2. The van der Waals surface area contributed by atoms with Gasteiger partial charge in [-0.05, 0) is 41.3 Å². The number of fused-ring (bicyclic) bond motifs is 13. The first-order valence-corrected chi connectivity index (χ1v) is 13.6. The zero-order valence-corrected chi connectivity index (χ0v) is 21.4. The Balaban J connectivity index is 1.52. The molecule has 2 nitrogen and oxygen atoms in total. The molecular weight excluding hydrogens is 448 g/mol. The molecule has 0 saturated heterocycles. The predicted octanol–water partition coefficient (Wildman–Crippen LogP) is 6.80. The highest BCUT2D eigenvalue weighted by molar-refractivity contribution is 5.79. The molecule has 1 aliphatic carbocycles. The molecule has 4 heterocycles. The van der Waals surface area contributed by atoms with Crippen molar-refractivity contribution in [3.8, 4) is 33.6 Å². The van der Waals surface area contributed by atoms with E-state index in [1.807, 2.05) is 0 Å². The fourth-order valence-electron chi connectivity index (χ4n) is 8.82. The third kappa shape index (κ3) is 2.10. The molecule has 3 unspecified atom stereocenters. The van der Waals surface area contributed by atoms with Gasteiger partial charge in [0.15, 0.2) is 12.4 Å². The number of aromatic nitrogens is 2. The molecule has 0 amide bonds. The van der Waals surface area contributed by atoms with Gasteiger partial charge in [-0.3, -0.25) is 0 Å². The summed E-state index contributed by atoms with van der Waals surface area (Å²) >= 11 is 0. The Morgan fingerprint density at radius 3 is 1.97 bits per heavy atom. The van der Waals surface area contributed by atoms with E-state index in [1.54, 1.807) is 0 Å². The number of rotatable bonds is 3. The van der Waals surface area contributed by atoms with Gasteiger partial charge in [0.1, 0.15) is 5.41 Å². The van der Waals surface area contributed by atoms with Crippen molar-refractivity contribution >= 4 is 0 Å². The number of hydrogen-bond acceptors (Lipinski definition) is 0. The molecule has 1 saturated carbocycles. The van der Waals surface area contributed by atoms with Crippen LogP contribution in [0, 0.1) is 0 Å². The molecule has 8 rings (SSSR count). The van der Waals surface area contributed by atoms with E-state index in [-0.39, 0.29) is 16.5 Å². The van der Waals surface area contributed by atoms with Crippen molar-refractivity contribution in [2.45, 2.75) is 43.2 Å².